The third-order valence-electron chi connectivity index (χ3n) is 5.62. The van der Waals surface area contributed by atoms with Gasteiger partial charge in [0.25, 0.3) is 5.24 Å². The molecule has 2 aromatic carbocycles. The number of halogens is 1. The second kappa shape index (κ2) is 9.84. The van der Waals surface area contributed by atoms with Crippen molar-refractivity contribution in [3.8, 4) is 5.75 Å². The second-order valence-corrected chi connectivity index (χ2v) is 7.95. The van der Waals surface area contributed by atoms with Crippen LogP contribution in [0.2, 0.25) is 0 Å². The van der Waals surface area contributed by atoms with Crippen LogP contribution in [0.4, 0.5) is 0 Å². The maximum atomic E-state index is 12.9. The minimum absolute atomic E-state index is 0.347. The van der Waals surface area contributed by atoms with E-state index in [1.54, 1.807) is 0 Å². The largest absolute Gasteiger partial charge is 0.487 e. The van der Waals surface area contributed by atoms with Gasteiger partial charge in [0.1, 0.15) is 12.4 Å². The van der Waals surface area contributed by atoms with Crippen molar-refractivity contribution in [1.29, 1.82) is 0 Å². The fourth-order valence-electron chi connectivity index (χ4n) is 4.14. The summed E-state index contributed by atoms with van der Waals surface area (Å²) in [6.07, 6.45) is 4.06. The summed E-state index contributed by atoms with van der Waals surface area (Å²) in [6, 6.07) is 23.7. The standard InChI is InChI=1S/C27H24ClNO3/c1-2-21-22(16-15-19-10-5-3-6-11-19)29-17-9-14-23(25(29)24(21)26(30)27(28)31)32-18-20-12-7-4-8-13-20/h3-14,17H,2,15-16,18H2,1H3. The highest BCUT2D eigenvalue weighted by Crippen LogP contribution is 2.33. The molecule has 32 heavy (non-hydrogen) atoms. The lowest BCUT2D eigenvalue weighted by Crippen LogP contribution is -2.10. The molecule has 4 rings (SSSR count). The summed E-state index contributed by atoms with van der Waals surface area (Å²) < 4.78 is 8.11. The molecular formula is C27H24ClNO3. The summed E-state index contributed by atoms with van der Waals surface area (Å²) in [5.74, 6) is -0.138. The molecule has 0 fully saturated rings. The maximum Gasteiger partial charge on any atom is 0.293 e. The van der Waals surface area contributed by atoms with Crippen molar-refractivity contribution < 1.29 is 14.3 Å². The van der Waals surface area contributed by atoms with Gasteiger partial charge in [0.2, 0.25) is 5.78 Å². The van der Waals surface area contributed by atoms with Gasteiger partial charge in [-0.2, -0.15) is 0 Å². The molecule has 0 bridgehead atoms. The Labute approximate surface area is 192 Å². The Bertz CT molecular complexity index is 1250. The van der Waals surface area contributed by atoms with E-state index in [0.717, 1.165) is 29.7 Å². The van der Waals surface area contributed by atoms with Gasteiger partial charge in [-0.05, 0) is 59.7 Å². The highest BCUT2D eigenvalue weighted by molar-refractivity contribution is 6.83. The van der Waals surface area contributed by atoms with Gasteiger partial charge in [-0.1, -0.05) is 67.6 Å². The Morgan fingerprint density at radius 3 is 2.16 bits per heavy atom. The number of carbonyl (C=O) groups is 2. The number of nitrogens with zero attached hydrogens (tertiary/aromatic N) is 1. The number of hydrogen-bond donors (Lipinski definition) is 0. The Hall–Kier alpha value is -3.37. The first-order chi connectivity index (χ1) is 15.6. The van der Waals surface area contributed by atoms with Crippen LogP contribution in [-0.2, 0) is 30.7 Å². The van der Waals surface area contributed by atoms with E-state index < -0.39 is 11.0 Å². The van der Waals surface area contributed by atoms with Crippen LogP contribution in [0.5, 0.6) is 5.75 Å². The Morgan fingerprint density at radius 1 is 0.875 bits per heavy atom. The molecule has 4 aromatic rings. The lowest BCUT2D eigenvalue weighted by molar-refractivity contribution is -0.108. The fraction of sp³-hybridized carbons (Fsp3) is 0.185. The molecule has 0 radical (unpaired) electrons. The minimum atomic E-state index is -0.986. The predicted molar refractivity (Wildman–Crippen MR) is 127 cm³/mol. The molecule has 0 N–H and O–H groups in total. The van der Waals surface area contributed by atoms with Gasteiger partial charge in [0, 0.05) is 11.9 Å². The molecule has 5 heteroatoms. The van der Waals surface area contributed by atoms with Crippen LogP contribution in [0.25, 0.3) is 5.52 Å². The fourth-order valence-corrected chi connectivity index (χ4v) is 4.24. The number of ether oxygens (including phenoxy) is 1. The molecule has 162 valence electrons. The average Bonchev–Trinajstić information content (AvgIpc) is 3.16. The van der Waals surface area contributed by atoms with Gasteiger partial charge in [-0.3, -0.25) is 9.59 Å². The van der Waals surface area contributed by atoms with Crippen molar-refractivity contribution in [3.63, 3.8) is 0 Å². The second-order valence-electron chi connectivity index (χ2n) is 7.61. The van der Waals surface area contributed by atoms with E-state index in [2.05, 4.69) is 12.1 Å². The third kappa shape index (κ3) is 4.46. The number of pyridine rings is 1. The third-order valence-corrected chi connectivity index (χ3v) is 5.80. The average molecular weight is 446 g/mol. The number of ketones is 1. The highest BCUT2D eigenvalue weighted by Gasteiger charge is 2.27. The van der Waals surface area contributed by atoms with Crippen molar-refractivity contribution in [2.24, 2.45) is 0 Å². The topological polar surface area (TPSA) is 47.8 Å². The van der Waals surface area contributed by atoms with Crippen molar-refractivity contribution in [3.05, 3.63) is 107 Å². The summed E-state index contributed by atoms with van der Waals surface area (Å²) in [5, 5.41) is -0.986. The van der Waals surface area contributed by atoms with Gasteiger partial charge >= 0.3 is 0 Å². The normalized spacial score (nSPS) is 10.9. The quantitative estimate of drug-likeness (QED) is 0.185. The van der Waals surface area contributed by atoms with Crippen molar-refractivity contribution in [2.75, 3.05) is 0 Å². The molecule has 0 amide bonds. The molecule has 2 heterocycles. The number of hydrogen-bond acceptors (Lipinski definition) is 3. The molecule has 2 aromatic heterocycles. The Kier molecular flexibility index (Phi) is 6.72. The van der Waals surface area contributed by atoms with Gasteiger partial charge in [-0.25, -0.2) is 0 Å². The van der Waals surface area contributed by atoms with E-state index in [-0.39, 0.29) is 0 Å². The van der Waals surface area contributed by atoms with E-state index in [1.165, 1.54) is 5.56 Å². The van der Waals surface area contributed by atoms with Crippen LogP contribution in [-0.4, -0.2) is 15.4 Å². The first kappa shape index (κ1) is 21.8. The number of carbonyl (C=O) groups excluding carboxylic acids is 2. The zero-order valence-electron chi connectivity index (χ0n) is 17.9. The highest BCUT2D eigenvalue weighted by atomic mass is 35.5. The van der Waals surface area contributed by atoms with E-state index in [4.69, 9.17) is 16.3 Å². The smallest absolute Gasteiger partial charge is 0.293 e. The van der Waals surface area contributed by atoms with Crippen molar-refractivity contribution >= 4 is 28.1 Å². The van der Waals surface area contributed by atoms with E-state index in [1.807, 2.05) is 78.2 Å². The van der Waals surface area contributed by atoms with Crippen LogP contribution in [0.1, 0.15) is 39.7 Å². The van der Waals surface area contributed by atoms with Crippen LogP contribution in [0.15, 0.2) is 79.0 Å². The predicted octanol–water partition coefficient (Wildman–Crippen LogP) is 5.81. The van der Waals surface area contributed by atoms with E-state index >= 15 is 0 Å². The zero-order chi connectivity index (χ0) is 22.5. The lowest BCUT2D eigenvalue weighted by Gasteiger charge is -2.10. The summed E-state index contributed by atoms with van der Waals surface area (Å²) in [6.45, 7) is 2.34. The molecule has 0 aliphatic rings. The number of aromatic nitrogens is 1. The monoisotopic (exact) mass is 445 g/mol. The van der Waals surface area contributed by atoms with Gasteiger partial charge in [0.15, 0.2) is 0 Å². The van der Waals surface area contributed by atoms with Crippen LogP contribution in [0, 0.1) is 0 Å². The SMILES string of the molecule is CCc1c(C(=O)C(=O)Cl)c2c(OCc3ccccc3)cccn2c1CCc1ccccc1. The minimum Gasteiger partial charge on any atom is -0.487 e. The van der Waals surface area contributed by atoms with E-state index in [0.29, 0.717) is 29.9 Å². The van der Waals surface area contributed by atoms with Crippen molar-refractivity contribution in [2.45, 2.75) is 32.8 Å². The first-order valence-electron chi connectivity index (χ1n) is 10.7. The number of fused-ring (bicyclic) bond motifs is 1. The van der Waals surface area contributed by atoms with Crippen LogP contribution in [0.3, 0.4) is 0 Å². The van der Waals surface area contributed by atoms with Crippen molar-refractivity contribution in [1.82, 2.24) is 4.40 Å². The molecule has 0 aliphatic heterocycles. The summed E-state index contributed by atoms with van der Waals surface area (Å²) in [4.78, 5) is 24.8. The van der Waals surface area contributed by atoms with Gasteiger partial charge in [-0.15, -0.1) is 0 Å². The zero-order valence-corrected chi connectivity index (χ0v) is 18.6. The first-order valence-corrected chi connectivity index (χ1v) is 11.1. The molecule has 0 saturated heterocycles. The Balaban J connectivity index is 1.80. The summed E-state index contributed by atoms with van der Waals surface area (Å²) >= 11 is 5.66. The summed E-state index contributed by atoms with van der Waals surface area (Å²) in [5.41, 5.74) is 5.01. The number of benzene rings is 2. The molecule has 0 atom stereocenters. The molecule has 0 aliphatic carbocycles. The van der Waals surface area contributed by atoms with Gasteiger partial charge < -0.3 is 9.14 Å². The molecule has 4 nitrogen and oxygen atoms in total. The maximum absolute atomic E-state index is 12.9. The van der Waals surface area contributed by atoms with Crippen LogP contribution < -0.4 is 4.74 Å². The number of rotatable bonds is 9. The van der Waals surface area contributed by atoms with Gasteiger partial charge in [0.05, 0.1) is 11.1 Å². The lowest BCUT2D eigenvalue weighted by atomic mass is 10.00. The summed E-state index contributed by atoms with van der Waals surface area (Å²) in [7, 11) is 0. The number of aryl methyl sites for hydroxylation is 2. The van der Waals surface area contributed by atoms with E-state index in [9.17, 15) is 9.59 Å². The molecule has 0 spiro atoms. The molecule has 0 saturated carbocycles. The molecular weight excluding hydrogens is 422 g/mol. The number of Topliss-reactive ketones (excluding diaryl/α,β-unsaturated/α-hetero) is 1. The molecule has 0 unspecified atom stereocenters. The van der Waals surface area contributed by atoms with Crippen LogP contribution >= 0.6 is 11.6 Å². The Morgan fingerprint density at radius 2 is 1.53 bits per heavy atom.